The predicted molar refractivity (Wildman–Crippen MR) is 218 cm³/mol. The zero-order chi connectivity index (χ0) is 42.7. The van der Waals surface area contributed by atoms with Crippen molar-refractivity contribution >= 4 is 23.9 Å². The molecule has 5 N–H and O–H groups in total. The number of aliphatic hydroxyl groups is 4. The van der Waals surface area contributed by atoms with Crippen LogP contribution in [0.4, 0.5) is 0 Å². The van der Waals surface area contributed by atoms with Crippen molar-refractivity contribution in [3.63, 3.8) is 0 Å². The maximum atomic E-state index is 12.4. The second kappa shape index (κ2) is 22.3. The lowest BCUT2D eigenvalue weighted by atomic mass is 9.66. The molecule has 15 atom stereocenters. The fraction of sp³-hybridized carbons (Fsp3) is 0.739. The van der Waals surface area contributed by atoms with Gasteiger partial charge in [-0.15, -0.1) is 0 Å². The van der Waals surface area contributed by atoms with E-state index in [0.29, 0.717) is 43.9 Å². The molecule has 1 fully saturated rings. The number of carboxylic acid groups (broad SMARTS) is 1. The van der Waals surface area contributed by atoms with Crippen molar-refractivity contribution in [2.75, 3.05) is 0 Å². The van der Waals surface area contributed by atoms with Crippen molar-refractivity contribution < 1.29 is 58.9 Å². The highest BCUT2D eigenvalue weighted by Gasteiger charge is 2.43. The number of carbonyl (C=O) groups excluding carboxylic acids is 3. The van der Waals surface area contributed by atoms with Crippen LogP contribution in [0.15, 0.2) is 47.6 Å². The number of hydrogen-bond acceptors (Lipinski definition) is 11. The zero-order valence-corrected chi connectivity index (χ0v) is 35.4. The summed E-state index contributed by atoms with van der Waals surface area (Å²) in [4.78, 5) is 47.2. The number of rotatable bonds is 16. The van der Waals surface area contributed by atoms with E-state index in [1.165, 1.54) is 5.57 Å². The van der Waals surface area contributed by atoms with Crippen LogP contribution < -0.4 is 0 Å². The molecule has 0 aromatic carbocycles. The number of allylic oxidation sites excluding steroid dienone is 5. The summed E-state index contributed by atoms with van der Waals surface area (Å²) >= 11 is 0. The van der Waals surface area contributed by atoms with Gasteiger partial charge in [-0.25, -0.2) is 0 Å². The van der Waals surface area contributed by atoms with Crippen LogP contribution in [0.25, 0.3) is 0 Å². The first-order chi connectivity index (χ1) is 27.5. The Bertz CT molecular complexity index is 1520. The number of hydrogen-bond donors (Lipinski definition) is 5. The average molecular weight is 815 g/mol. The number of carbonyl (C=O) groups is 4. The number of cyclic esters (lactones) is 1. The number of aliphatic hydroxyl groups excluding tert-OH is 4. The van der Waals surface area contributed by atoms with Crippen LogP contribution in [0.5, 0.6) is 0 Å². The van der Waals surface area contributed by atoms with Crippen LogP contribution in [0.1, 0.15) is 125 Å². The standard InChI is InChI=1S/C23H36O7.C23H34O5/c1-4-13(2)23(29)30-20-11-17(25)9-15-6-5-14(3)19(22(15)20)8-7-16(24)10-18(26)12-21(27)28;1-4-14(2)23(26)28-20-7-5-6-16-9-8-15(3)19(22(16)20)11-10-18-12-17(24)13-21(25)27-18/h5-6,9,13-14,16-20,22,24-26H,4,7-8,10-12H2,1-3H3,(H,27,28);6,8-9,14-15,17-20,22,24H,4-5,7,10-13H2,1-3H3. The minimum absolute atomic E-state index is 0.0156. The summed E-state index contributed by atoms with van der Waals surface area (Å²) in [6, 6.07) is 0. The normalized spacial score (nSPS) is 33.6. The van der Waals surface area contributed by atoms with E-state index >= 15 is 0 Å². The first kappa shape index (κ1) is 47.4. The molecular weight excluding hydrogens is 744 g/mol. The maximum Gasteiger partial charge on any atom is 0.308 e. The van der Waals surface area contributed by atoms with Crippen LogP contribution >= 0.6 is 0 Å². The number of carboxylic acids is 1. The molecule has 0 bridgehead atoms. The van der Waals surface area contributed by atoms with Gasteiger partial charge in [-0.2, -0.15) is 0 Å². The minimum Gasteiger partial charge on any atom is -0.481 e. The number of esters is 3. The fourth-order valence-corrected chi connectivity index (χ4v) is 9.32. The SMILES string of the molecule is CCC(C)C(=O)OC1CC(O)C=C2C=CC(C)C(CCC(O)CC(O)CC(=O)O)C21.CCC(C)C(=O)OC1CCC=C2C=CC(C)C(CCC3CC(O)CC(=O)O3)C21. The van der Waals surface area contributed by atoms with Crippen molar-refractivity contribution in [1.82, 2.24) is 0 Å². The van der Waals surface area contributed by atoms with Gasteiger partial charge >= 0.3 is 23.9 Å². The Balaban J connectivity index is 0.000000257. The molecule has 1 heterocycles. The summed E-state index contributed by atoms with van der Waals surface area (Å²) < 4.78 is 17.3. The number of aliphatic carboxylic acids is 1. The van der Waals surface area contributed by atoms with Gasteiger partial charge < -0.3 is 39.7 Å². The molecule has 1 aliphatic heterocycles. The third-order valence-corrected chi connectivity index (χ3v) is 13.1. The zero-order valence-electron chi connectivity index (χ0n) is 35.4. The first-order valence-electron chi connectivity index (χ1n) is 21.8. The molecule has 0 radical (unpaired) electrons. The molecule has 12 nitrogen and oxygen atoms in total. The quantitative estimate of drug-likeness (QED) is 0.0852. The van der Waals surface area contributed by atoms with Crippen molar-refractivity contribution in [3.8, 4) is 0 Å². The van der Waals surface area contributed by atoms with Gasteiger partial charge in [0.2, 0.25) is 0 Å². The van der Waals surface area contributed by atoms with Crippen molar-refractivity contribution in [2.24, 2.45) is 47.3 Å². The molecule has 12 heteroatoms. The van der Waals surface area contributed by atoms with Crippen LogP contribution in [0, 0.1) is 47.3 Å². The average Bonchev–Trinajstić information content (AvgIpc) is 3.16. The highest BCUT2D eigenvalue weighted by Crippen LogP contribution is 2.45. The molecule has 15 unspecified atom stereocenters. The topological polar surface area (TPSA) is 197 Å². The van der Waals surface area contributed by atoms with Crippen molar-refractivity contribution in [3.05, 3.63) is 47.6 Å². The Labute approximate surface area is 344 Å². The Hall–Kier alpha value is -3.32. The first-order valence-corrected chi connectivity index (χ1v) is 21.8. The lowest BCUT2D eigenvalue weighted by Gasteiger charge is -2.43. The lowest BCUT2D eigenvalue weighted by Crippen LogP contribution is -2.43. The highest BCUT2D eigenvalue weighted by molar-refractivity contribution is 5.73. The molecule has 5 rings (SSSR count). The second-order valence-corrected chi connectivity index (χ2v) is 17.6. The van der Waals surface area contributed by atoms with Crippen LogP contribution in [0.3, 0.4) is 0 Å². The Morgan fingerprint density at radius 2 is 1.41 bits per heavy atom. The van der Waals surface area contributed by atoms with Gasteiger partial charge in [0.05, 0.1) is 49.1 Å². The molecular formula is C46H70O12. The third-order valence-electron chi connectivity index (χ3n) is 13.1. The summed E-state index contributed by atoms with van der Waals surface area (Å²) in [7, 11) is 0. The summed E-state index contributed by atoms with van der Waals surface area (Å²) in [5.41, 5.74) is 2.23. The van der Waals surface area contributed by atoms with Gasteiger partial charge in [0.15, 0.2) is 0 Å². The number of fused-ring (bicyclic) bond motifs is 2. The summed E-state index contributed by atoms with van der Waals surface area (Å²) in [5.74, 6) is -0.884. The molecule has 4 aliphatic carbocycles. The molecule has 1 saturated heterocycles. The Morgan fingerprint density at radius 1 is 0.828 bits per heavy atom. The van der Waals surface area contributed by atoms with Gasteiger partial charge in [0.25, 0.3) is 0 Å². The maximum absolute atomic E-state index is 12.4. The van der Waals surface area contributed by atoms with E-state index in [9.17, 15) is 39.6 Å². The van der Waals surface area contributed by atoms with E-state index < -0.39 is 36.5 Å². The molecule has 0 spiro atoms. The van der Waals surface area contributed by atoms with Gasteiger partial charge in [0, 0.05) is 24.7 Å². The molecule has 0 aromatic rings. The van der Waals surface area contributed by atoms with Crippen LogP contribution in [-0.2, 0) is 33.4 Å². The molecule has 5 aliphatic rings. The second-order valence-electron chi connectivity index (χ2n) is 17.6. The number of ether oxygens (including phenoxy) is 3. The van der Waals surface area contributed by atoms with Crippen LogP contribution in [-0.4, -0.2) is 92.1 Å². The Morgan fingerprint density at radius 3 is 2.02 bits per heavy atom. The fourth-order valence-electron chi connectivity index (χ4n) is 9.32. The smallest absolute Gasteiger partial charge is 0.308 e. The molecule has 326 valence electrons. The van der Waals surface area contributed by atoms with E-state index in [1.54, 1.807) is 0 Å². The summed E-state index contributed by atoms with van der Waals surface area (Å²) in [6.45, 7) is 12.0. The van der Waals surface area contributed by atoms with Gasteiger partial charge in [0.1, 0.15) is 18.3 Å². The van der Waals surface area contributed by atoms with Gasteiger partial charge in [-0.05, 0) is 92.6 Å². The van der Waals surface area contributed by atoms with Crippen molar-refractivity contribution in [2.45, 2.75) is 168 Å². The lowest BCUT2D eigenvalue weighted by molar-refractivity contribution is -0.162. The van der Waals surface area contributed by atoms with E-state index in [4.69, 9.17) is 19.3 Å². The molecule has 0 aromatic heterocycles. The van der Waals surface area contributed by atoms with E-state index in [1.807, 2.05) is 39.8 Å². The molecule has 0 saturated carbocycles. The summed E-state index contributed by atoms with van der Waals surface area (Å²) in [6.07, 6.45) is 15.3. The van der Waals surface area contributed by atoms with E-state index in [2.05, 4.69) is 38.2 Å². The minimum atomic E-state index is -1.10. The monoisotopic (exact) mass is 814 g/mol. The third kappa shape index (κ3) is 13.3. The summed E-state index contributed by atoms with van der Waals surface area (Å²) in [5, 5.41) is 48.9. The van der Waals surface area contributed by atoms with Gasteiger partial charge in [-0.1, -0.05) is 78.0 Å². The van der Waals surface area contributed by atoms with E-state index in [0.717, 1.165) is 37.7 Å². The van der Waals surface area contributed by atoms with Crippen molar-refractivity contribution in [1.29, 1.82) is 0 Å². The van der Waals surface area contributed by atoms with E-state index in [-0.39, 0.29) is 84.9 Å². The highest BCUT2D eigenvalue weighted by atomic mass is 16.6. The van der Waals surface area contributed by atoms with Gasteiger partial charge in [-0.3, -0.25) is 19.2 Å². The van der Waals surface area contributed by atoms with Crippen LogP contribution in [0.2, 0.25) is 0 Å². The Kier molecular flexibility index (Phi) is 18.2. The molecule has 0 amide bonds. The molecule has 58 heavy (non-hydrogen) atoms. The predicted octanol–water partition coefficient (Wildman–Crippen LogP) is 6.39. The largest absolute Gasteiger partial charge is 0.481 e.